The maximum absolute atomic E-state index is 5.96. The van der Waals surface area contributed by atoms with E-state index in [9.17, 15) is 0 Å². The first-order valence-electron chi connectivity index (χ1n) is 7.31. The second-order valence-electron chi connectivity index (χ2n) is 5.19. The average molecular weight is 300 g/mol. The first kappa shape index (κ1) is 14.9. The van der Waals surface area contributed by atoms with Crippen LogP contribution in [0.4, 0.5) is 0 Å². The van der Waals surface area contributed by atoms with E-state index in [1.807, 2.05) is 48.5 Å². The van der Waals surface area contributed by atoms with Crippen LogP contribution in [0.1, 0.15) is 23.3 Å². The molecule has 0 amide bonds. The lowest BCUT2D eigenvalue weighted by molar-refractivity contribution is -0.137. The Morgan fingerprint density at radius 2 is 1.05 bits per heavy atom. The van der Waals surface area contributed by atoms with Crippen LogP contribution in [0.3, 0.4) is 0 Å². The topological polar surface area (TPSA) is 36.9 Å². The molecule has 2 atom stereocenters. The molecule has 1 aliphatic heterocycles. The maximum atomic E-state index is 5.96. The van der Waals surface area contributed by atoms with Gasteiger partial charge in [0, 0.05) is 0 Å². The van der Waals surface area contributed by atoms with Crippen LogP contribution in [0.15, 0.2) is 48.5 Å². The lowest BCUT2D eigenvalue weighted by atomic mass is 10.1. The van der Waals surface area contributed by atoms with Crippen LogP contribution in [-0.4, -0.2) is 27.4 Å². The average Bonchev–Trinajstić information content (AvgIpc) is 2.62. The quantitative estimate of drug-likeness (QED) is 0.865. The van der Waals surface area contributed by atoms with E-state index in [1.54, 1.807) is 14.2 Å². The fraction of sp³-hybridized carbons (Fsp3) is 0.333. The van der Waals surface area contributed by atoms with Gasteiger partial charge in [0.05, 0.1) is 27.4 Å². The van der Waals surface area contributed by atoms with Gasteiger partial charge in [-0.15, -0.1) is 0 Å². The van der Waals surface area contributed by atoms with E-state index in [0.29, 0.717) is 13.2 Å². The number of benzene rings is 2. The monoisotopic (exact) mass is 300 g/mol. The van der Waals surface area contributed by atoms with Crippen LogP contribution < -0.4 is 9.47 Å². The van der Waals surface area contributed by atoms with E-state index in [-0.39, 0.29) is 12.2 Å². The number of hydrogen-bond donors (Lipinski definition) is 0. The van der Waals surface area contributed by atoms with Gasteiger partial charge in [-0.05, 0) is 35.4 Å². The Morgan fingerprint density at radius 3 is 1.32 bits per heavy atom. The van der Waals surface area contributed by atoms with Gasteiger partial charge in [-0.25, -0.2) is 0 Å². The Kier molecular flexibility index (Phi) is 4.61. The van der Waals surface area contributed by atoms with Crippen molar-refractivity contribution >= 4 is 0 Å². The lowest BCUT2D eigenvalue weighted by Gasteiger charge is -2.30. The van der Waals surface area contributed by atoms with Gasteiger partial charge in [-0.3, -0.25) is 0 Å². The second-order valence-corrected chi connectivity index (χ2v) is 5.19. The van der Waals surface area contributed by atoms with Gasteiger partial charge in [-0.2, -0.15) is 0 Å². The first-order valence-corrected chi connectivity index (χ1v) is 7.31. The summed E-state index contributed by atoms with van der Waals surface area (Å²) in [7, 11) is 3.32. The summed E-state index contributed by atoms with van der Waals surface area (Å²) in [6.07, 6.45) is -0.0548. The SMILES string of the molecule is COc1ccc([C@@H]2CO[C@@H](c3ccc(OC)cc3)CO2)cc1. The molecule has 0 unspecified atom stereocenters. The summed E-state index contributed by atoms with van der Waals surface area (Å²) in [6.45, 7) is 1.09. The predicted molar refractivity (Wildman–Crippen MR) is 83.4 cm³/mol. The molecule has 3 rings (SSSR count). The van der Waals surface area contributed by atoms with E-state index in [1.165, 1.54) is 0 Å². The molecule has 0 aliphatic carbocycles. The molecule has 0 aromatic heterocycles. The van der Waals surface area contributed by atoms with Crippen molar-refractivity contribution in [3.05, 3.63) is 59.7 Å². The molecule has 2 aromatic carbocycles. The van der Waals surface area contributed by atoms with E-state index in [4.69, 9.17) is 18.9 Å². The molecule has 0 N–H and O–H groups in total. The standard InChI is InChI=1S/C18H20O4/c1-19-15-7-3-13(4-8-15)17-11-22-18(12-21-17)14-5-9-16(20-2)10-6-14/h3-10,17-18H,11-12H2,1-2H3/t17-,18+. The fourth-order valence-corrected chi connectivity index (χ4v) is 2.53. The van der Waals surface area contributed by atoms with Gasteiger partial charge in [0.2, 0.25) is 0 Å². The molecule has 4 heteroatoms. The Bertz CT molecular complexity index is 528. The van der Waals surface area contributed by atoms with Crippen LogP contribution in [0.5, 0.6) is 11.5 Å². The van der Waals surface area contributed by atoms with Crippen molar-refractivity contribution in [2.24, 2.45) is 0 Å². The van der Waals surface area contributed by atoms with E-state index in [2.05, 4.69) is 0 Å². The van der Waals surface area contributed by atoms with Crippen molar-refractivity contribution in [2.75, 3.05) is 27.4 Å². The van der Waals surface area contributed by atoms with Crippen LogP contribution in [0.2, 0.25) is 0 Å². The minimum atomic E-state index is -0.0274. The summed E-state index contributed by atoms with van der Waals surface area (Å²) in [5.74, 6) is 1.69. The Hall–Kier alpha value is -2.04. The zero-order valence-corrected chi connectivity index (χ0v) is 12.8. The summed E-state index contributed by atoms with van der Waals surface area (Å²) < 4.78 is 22.3. The van der Waals surface area contributed by atoms with Gasteiger partial charge in [0.25, 0.3) is 0 Å². The number of hydrogen-bond acceptors (Lipinski definition) is 4. The normalized spacial score (nSPS) is 21.4. The molecule has 0 radical (unpaired) electrons. The molecule has 1 saturated heterocycles. The molecule has 22 heavy (non-hydrogen) atoms. The van der Waals surface area contributed by atoms with Gasteiger partial charge in [0.1, 0.15) is 23.7 Å². The Balaban J connectivity index is 1.61. The van der Waals surface area contributed by atoms with Gasteiger partial charge < -0.3 is 18.9 Å². The molecule has 1 heterocycles. The molecular formula is C18H20O4. The predicted octanol–water partition coefficient (Wildman–Crippen LogP) is 3.53. The van der Waals surface area contributed by atoms with Gasteiger partial charge in [-0.1, -0.05) is 24.3 Å². The maximum Gasteiger partial charge on any atom is 0.118 e. The summed E-state index contributed by atoms with van der Waals surface area (Å²) in [4.78, 5) is 0. The molecule has 0 spiro atoms. The molecular weight excluding hydrogens is 280 g/mol. The largest absolute Gasteiger partial charge is 0.497 e. The fourth-order valence-electron chi connectivity index (χ4n) is 2.53. The lowest BCUT2D eigenvalue weighted by Crippen LogP contribution is -2.25. The number of rotatable bonds is 4. The summed E-state index contributed by atoms with van der Waals surface area (Å²) >= 11 is 0. The smallest absolute Gasteiger partial charge is 0.118 e. The molecule has 116 valence electrons. The highest BCUT2D eigenvalue weighted by atomic mass is 16.6. The summed E-state index contributed by atoms with van der Waals surface area (Å²) in [5, 5.41) is 0. The van der Waals surface area contributed by atoms with Crippen molar-refractivity contribution in [3.63, 3.8) is 0 Å². The molecule has 0 bridgehead atoms. The second kappa shape index (κ2) is 6.81. The summed E-state index contributed by atoms with van der Waals surface area (Å²) in [5.41, 5.74) is 2.21. The van der Waals surface area contributed by atoms with Gasteiger partial charge in [0.15, 0.2) is 0 Å². The van der Waals surface area contributed by atoms with E-state index < -0.39 is 0 Å². The molecule has 1 fully saturated rings. The third-order valence-corrected chi connectivity index (χ3v) is 3.87. The van der Waals surface area contributed by atoms with Gasteiger partial charge >= 0.3 is 0 Å². The third-order valence-electron chi connectivity index (χ3n) is 3.87. The highest BCUT2D eigenvalue weighted by molar-refractivity contribution is 5.30. The van der Waals surface area contributed by atoms with Crippen LogP contribution >= 0.6 is 0 Å². The van der Waals surface area contributed by atoms with Crippen molar-refractivity contribution in [1.82, 2.24) is 0 Å². The van der Waals surface area contributed by atoms with Crippen molar-refractivity contribution in [1.29, 1.82) is 0 Å². The highest BCUT2D eigenvalue weighted by Gasteiger charge is 2.24. The molecule has 0 saturated carbocycles. The van der Waals surface area contributed by atoms with E-state index in [0.717, 1.165) is 22.6 Å². The molecule has 2 aromatic rings. The highest BCUT2D eigenvalue weighted by Crippen LogP contribution is 2.31. The van der Waals surface area contributed by atoms with Crippen LogP contribution in [-0.2, 0) is 9.47 Å². The van der Waals surface area contributed by atoms with Crippen molar-refractivity contribution < 1.29 is 18.9 Å². The zero-order valence-electron chi connectivity index (χ0n) is 12.8. The van der Waals surface area contributed by atoms with Crippen molar-refractivity contribution in [3.8, 4) is 11.5 Å². The minimum absolute atomic E-state index is 0.0274. The molecule has 4 nitrogen and oxygen atoms in total. The Morgan fingerprint density at radius 1 is 0.682 bits per heavy atom. The number of methoxy groups -OCH3 is 2. The van der Waals surface area contributed by atoms with E-state index >= 15 is 0 Å². The molecule has 1 aliphatic rings. The first-order chi connectivity index (χ1) is 10.8. The zero-order chi connectivity index (χ0) is 15.4. The Labute approximate surface area is 130 Å². The minimum Gasteiger partial charge on any atom is -0.497 e. The number of ether oxygens (including phenoxy) is 4. The van der Waals surface area contributed by atoms with Crippen LogP contribution in [0.25, 0.3) is 0 Å². The van der Waals surface area contributed by atoms with Crippen molar-refractivity contribution in [2.45, 2.75) is 12.2 Å². The van der Waals surface area contributed by atoms with Crippen LogP contribution in [0, 0.1) is 0 Å². The third kappa shape index (κ3) is 3.24. The summed E-state index contributed by atoms with van der Waals surface area (Å²) in [6, 6.07) is 15.8.